The van der Waals surface area contributed by atoms with Gasteiger partial charge < -0.3 is 16.0 Å². The Morgan fingerprint density at radius 1 is 1.06 bits per heavy atom. The fraction of sp³-hybridized carbons (Fsp3) is 0.250. The molecule has 1 atom stereocenters. The third-order valence-corrected chi connectivity index (χ3v) is 5.41. The molecular formula is C24H27FN8OS. The number of rotatable bonds is 8. The molecule has 4 aromatic rings. The zero-order chi connectivity index (χ0) is 24.1. The number of fused-ring (bicyclic) bond motifs is 1. The zero-order valence-corrected chi connectivity index (χ0v) is 20.6. The summed E-state index contributed by atoms with van der Waals surface area (Å²) in [4.78, 5) is 33.7. The van der Waals surface area contributed by atoms with Gasteiger partial charge in [-0.15, -0.1) is 0 Å². The van der Waals surface area contributed by atoms with E-state index in [0.717, 1.165) is 23.9 Å². The standard InChI is InChI=1S/C24H25FN8O.H2S/c1-4-27-24-30-10-15(11-31-24)19-8-20(33-13-32-19)28-9-14(2)16-6-5-7-17-21(23(34)26-3)18(25)12-29-22(16)17;/h5-8,10-14H,4,9H2,1-3H3,(H,26,34)(H,27,30,31)(H,28,32,33);1H2/t14-;/m1./s1. The van der Waals surface area contributed by atoms with Crippen LogP contribution in [0.5, 0.6) is 0 Å². The smallest absolute Gasteiger partial charge is 0.254 e. The maximum Gasteiger partial charge on any atom is 0.254 e. The van der Waals surface area contributed by atoms with Gasteiger partial charge >= 0.3 is 0 Å². The Balaban J connectivity index is 0.00000342. The Morgan fingerprint density at radius 3 is 2.54 bits per heavy atom. The van der Waals surface area contributed by atoms with Crippen LogP contribution in [0.25, 0.3) is 22.2 Å². The molecule has 3 N–H and O–H groups in total. The first-order valence-corrected chi connectivity index (χ1v) is 10.9. The van der Waals surface area contributed by atoms with Crippen molar-refractivity contribution in [2.24, 2.45) is 0 Å². The molecule has 0 fully saturated rings. The summed E-state index contributed by atoms with van der Waals surface area (Å²) in [6, 6.07) is 7.28. The SMILES string of the molecule is CCNc1ncc(-c2cc(NC[C@@H](C)c3cccc4c(C(=O)NC)c(F)cnc34)ncn2)cn1.S. The summed E-state index contributed by atoms with van der Waals surface area (Å²) < 4.78 is 14.3. The number of carbonyl (C=O) groups is 1. The lowest BCUT2D eigenvalue weighted by Gasteiger charge is -2.17. The average Bonchev–Trinajstić information content (AvgIpc) is 2.87. The number of amides is 1. The van der Waals surface area contributed by atoms with Crippen LogP contribution in [0.2, 0.25) is 0 Å². The van der Waals surface area contributed by atoms with Crippen molar-refractivity contribution in [2.75, 3.05) is 30.8 Å². The number of hydrogen-bond donors (Lipinski definition) is 3. The fourth-order valence-electron chi connectivity index (χ4n) is 3.66. The summed E-state index contributed by atoms with van der Waals surface area (Å²) >= 11 is 0. The molecule has 0 radical (unpaired) electrons. The van der Waals surface area contributed by atoms with E-state index in [4.69, 9.17) is 0 Å². The van der Waals surface area contributed by atoms with E-state index in [-0.39, 0.29) is 25.0 Å². The first-order chi connectivity index (χ1) is 16.5. The van der Waals surface area contributed by atoms with Crippen LogP contribution in [0.1, 0.15) is 35.7 Å². The number of aromatic nitrogens is 5. The lowest BCUT2D eigenvalue weighted by molar-refractivity contribution is 0.0960. The molecule has 3 heterocycles. The molecule has 35 heavy (non-hydrogen) atoms. The topological polar surface area (TPSA) is 118 Å². The van der Waals surface area contributed by atoms with Crippen LogP contribution in [0.3, 0.4) is 0 Å². The minimum atomic E-state index is -0.647. The highest BCUT2D eigenvalue weighted by Crippen LogP contribution is 2.28. The fourth-order valence-corrected chi connectivity index (χ4v) is 3.66. The van der Waals surface area contributed by atoms with Crippen LogP contribution < -0.4 is 16.0 Å². The molecule has 0 aliphatic rings. The number of benzene rings is 1. The van der Waals surface area contributed by atoms with Crippen molar-refractivity contribution >= 4 is 42.1 Å². The van der Waals surface area contributed by atoms with Gasteiger partial charge in [-0.1, -0.05) is 25.1 Å². The van der Waals surface area contributed by atoms with Crippen molar-refractivity contribution in [1.82, 2.24) is 30.2 Å². The van der Waals surface area contributed by atoms with E-state index in [9.17, 15) is 9.18 Å². The molecular weight excluding hydrogens is 467 g/mol. The number of nitrogens with one attached hydrogen (secondary N) is 3. The molecule has 0 saturated heterocycles. The van der Waals surface area contributed by atoms with Crippen molar-refractivity contribution in [1.29, 1.82) is 0 Å². The Labute approximate surface area is 209 Å². The Kier molecular flexibility index (Phi) is 8.48. The van der Waals surface area contributed by atoms with Crippen LogP contribution in [0.15, 0.2) is 49.2 Å². The van der Waals surface area contributed by atoms with Gasteiger partial charge in [-0.3, -0.25) is 9.78 Å². The van der Waals surface area contributed by atoms with E-state index in [0.29, 0.717) is 34.9 Å². The predicted octanol–water partition coefficient (Wildman–Crippen LogP) is 3.74. The van der Waals surface area contributed by atoms with Crippen LogP contribution in [0.4, 0.5) is 16.2 Å². The molecule has 0 aliphatic carbocycles. The summed E-state index contributed by atoms with van der Waals surface area (Å²) in [5, 5.41) is 9.36. The summed E-state index contributed by atoms with van der Waals surface area (Å²) in [5.41, 5.74) is 2.97. The number of carbonyl (C=O) groups excluding carboxylic acids is 1. The number of para-hydroxylation sites is 1. The minimum Gasteiger partial charge on any atom is -0.369 e. The summed E-state index contributed by atoms with van der Waals surface area (Å²) in [5.74, 6) is 0.0866. The maximum atomic E-state index is 14.3. The van der Waals surface area contributed by atoms with Crippen molar-refractivity contribution in [3.05, 3.63) is 66.1 Å². The summed E-state index contributed by atoms with van der Waals surface area (Å²) in [7, 11) is 1.48. The van der Waals surface area contributed by atoms with Crippen molar-refractivity contribution in [2.45, 2.75) is 19.8 Å². The average molecular weight is 495 g/mol. The number of anilines is 2. The lowest BCUT2D eigenvalue weighted by atomic mass is 9.96. The van der Waals surface area contributed by atoms with E-state index in [1.807, 2.05) is 32.0 Å². The van der Waals surface area contributed by atoms with Crippen molar-refractivity contribution < 1.29 is 9.18 Å². The summed E-state index contributed by atoms with van der Waals surface area (Å²) in [6.07, 6.45) is 6.00. The number of hydrogen-bond acceptors (Lipinski definition) is 8. The van der Waals surface area contributed by atoms with E-state index < -0.39 is 11.7 Å². The van der Waals surface area contributed by atoms with Crippen LogP contribution in [-0.4, -0.2) is 51.0 Å². The summed E-state index contributed by atoms with van der Waals surface area (Å²) in [6.45, 7) is 5.29. The second kappa shape index (κ2) is 11.5. The molecule has 0 bridgehead atoms. The van der Waals surface area contributed by atoms with Gasteiger partial charge in [0.1, 0.15) is 12.1 Å². The van der Waals surface area contributed by atoms with E-state index in [2.05, 4.69) is 40.9 Å². The molecule has 9 nitrogen and oxygen atoms in total. The van der Waals surface area contributed by atoms with Gasteiger partial charge in [0.15, 0.2) is 5.82 Å². The van der Waals surface area contributed by atoms with Gasteiger partial charge in [-0.25, -0.2) is 24.3 Å². The monoisotopic (exact) mass is 494 g/mol. The number of halogens is 1. The number of pyridine rings is 1. The third-order valence-electron chi connectivity index (χ3n) is 5.41. The van der Waals surface area contributed by atoms with Crippen LogP contribution >= 0.6 is 13.5 Å². The quantitative estimate of drug-likeness (QED) is 0.339. The van der Waals surface area contributed by atoms with E-state index >= 15 is 0 Å². The molecule has 11 heteroatoms. The van der Waals surface area contributed by atoms with Crippen molar-refractivity contribution in [3.63, 3.8) is 0 Å². The molecule has 0 spiro atoms. The van der Waals surface area contributed by atoms with Gasteiger partial charge in [0, 0.05) is 55.5 Å². The van der Waals surface area contributed by atoms with Gasteiger partial charge in [0.05, 0.1) is 23.0 Å². The van der Waals surface area contributed by atoms with Gasteiger partial charge in [-0.2, -0.15) is 13.5 Å². The van der Waals surface area contributed by atoms with E-state index in [1.54, 1.807) is 18.5 Å². The largest absolute Gasteiger partial charge is 0.369 e. The highest BCUT2D eigenvalue weighted by atomic mass is 32.1. The van der Waals surface area contributed by atoms with E-state index in [1.165, 1.54) is 13.4 Å². The highest BCUT2D eigenvalue weighted by molar-refractivity contribution is 7.59. The highest BCUT2D eigenvalue weighted by Gasteiger charge is 2.19. The predicted molar refractivity (Wildman–Crippen MR) is 140 cm³/mol. The minimum absolute atomic E-state index is 0. The first kappa shape index (κ1) is 25.8. The molecule has 1 aromatic carbocycles. The molecule has 4 rings (SSSR count). The first-order valence-electron chi connectivity index (χ1n) is 10.9. The number of nitrogens with zero attached hydrogens (tertiary/aromatic N) is 5. The molecule has 3 aromatic heterocycles. The second-order valence-corrected chi connectivity index (χ2v) is 7.70. The zero-order valence-electron chi connectivity index (χ0n) is 19.6. The normalized spacial score (nSPS) is 11.4. The van der Waals surface area contributed by atoms with Crippen molar-refractivity contribution in [3.8, 4) is 11.3 Å². The molecule has 0 saturated carbocycles. The molecule has 1 amide bonds. The van der Waals surface area contributed by atoms with Gasteiger partial charge in [-0.05, 0) is 12.5 Å². The van der Waals surface area contributed by atoms with Gasteiger partial charge in [0.2, 0.25) is 5.95 Å². The Hall–Kier alpha value is -3.86. The van der Waals surface area contributed by atoms with Gasteiger partial charge in [0.25, 0.3) is 5.91 Å². The molecule has 182 valence electrons. The molecule has 0 aliphatic heterocycles. The molecule has 0 unspecified atom stereocenters. The third kappa shape index (κ3) is 5.62. The maximum absolute atomic E-state index is 14.3. The van der Waals surface area contributed by atoms with Crippen LogP contribution in [-0.2, 0) is 0 Å². The second-order valence-electron chi connectivity index (χ2n) is 7.70. The van der Waals surface area contributed by atoms with Crippen LogP contribution in [0, 0.1) is 5.82 Å². The Bertz CT molecular complexity index is 1320. The lowest BCUT2D eigenvalue weighted by Crippen LogP contribution is -2.20. The Morgan fingerprint density at radius 2 is 1.83 bits per heavy atom.